The van der Waals surface area contributed by atoms with Gasteiger partial charge in [-0.15, -0.1) is 0 Å². The Bertz CT molecular complexity index is 1160. The van der Waals surface area contributed by atoms with E-state index in [1.807, 2.05) is 49.4 Å². The Balaban J connectivity index is 1.63. The molecule has 0 saturated heterocycles. The van der Waals surface area contributed by atoms with Crippen molar-refractivity contribution in [3.8, 4) is 0 Å². The van der Waals surface area contributed by atoms with Crippen LogP contribution in [0.4, 0.5) is 11.4 Å². The molecule has 0 aliphatic rings. The lowest BCUT2D eigenvalue weighted by Gasteiger charge is -2.23. The molecule has 0 unspecified atom stereocenters. The number of nitrogens with zero attached hydrogens (tertiary/aromatic N) is 1. The van der Waals surface area contributed by atoms with Gasteiger partial charge in [-0.3, -0.25) is 9.59 Å². The van der Waals surface area contributed by atoms with Crippen molar-refractivity contribution in [2.24, 2.45) is 0 Å². The molecule has 0 radical (unpaired) electrons. The molecule has 5 nitrogen and oxygen atoms in total. The molecule has 0 aliphatic carbocycles. The summed E-state index contributed by atoms with van der Waals surface area (Å²) in [5, 5.41) is 4.86. The number of carbonyl (C=O) groups is 2. The maximum Gasteiger partial charge on any atom is 0.291 e. The topological polar surface area (TPSA) is 62.6 Å². The second kappa shape index (κ2) is 8.02. The minimum atomic E-state index is -0.360. The van der Waals surface area contributed by atoms with Crippen LogP contribution < -0.4 is 10.2 Å². The number of nitrogens with one attached hydrogen (secondary N) is 1. The van der Waals surface area contributed by atoms with E-state index in [9.17, 15) is 9.59 Å². The Morgan fingerprint density at radius 2 is 1.72 bits per heavy atom. The SMILES string of the molecule is CCN(C(=O)c1cccc(NC(=O)c2ccco2)c1)c1cccc2ccccc12. The van der Waals surface area contributed by atoms with Crippen LogP contribution in [0.3, 0.4) is 0 Å². The van der Waals surface area contributed by atoms with E-state index in [1.54, 1.807) is 41.3 Å². The highest BCUT2D eigenvalue weighted by Gasteiger charge is 2.19. The lowest BCUT2D eigenvalue weighted by atomic mass is 10.1. The van der Waals surface area contributed by atoms with Crippen LogP contribution >= 0.6 is 0 Å². The Labute approximate surface area is 168 Å². The summed E-state index contributed by atoms with van der Waals surface area (Å²) in [4.78, 5) is 27.2. The van der Waals surface area contributed by atoms with E-state index in [-0.39, 0.29) is 17.6 Å². The number of fused-ring (bicyclic) bond motifs is 1. The first-order chi connectivity index (χ1) is 14.2. The molecule has 0 atom stereocenters. The van der Waals surface area contributed by atoms with Gasteiger partial charge in [0, 0.05) is 23.2 Å². The van der Waals surface area contributed by atoms with E-state index < -0.39 is 0 Å². The molecule has 1 heterocycles. The molecule has 1 N–H and O–H groups in total. The second-order valence-electron chi connectivity index (χ2n) is 6.56. The third kappa shape index (κ3) is 3.75. The molecule has 5 heteroatoms. The summed E-state index contributed by atoms with van der Waals surface area (Å²) in [7, 11) is 0. The Hall–Kier alpha value is -3.86. The van der Waals surface area contributed by atoms with E-state index in [1.165, 1.54) is 6.26 Å². The molecular weight excluding hydrogens is 364 g/mol. The summed E-state index contributed by atoms with van der Waals surface area (Å²) < 4.78 is 5.11. The molecule has 4 rings (SSSR count). The zero-order valence-corrected chi connectivity index (χ0v) is 16.0. The highest BCUT2D eigenvalue weighted by molar-refractivity contribution is 6.11. The summed E-state index contributed by atoms with van der Waals surface area (Å²) in [6.07, 6.45) is 1.44. The van der Waals surface area contributed by atoms with Gasteiger partial charge in [0.15, 0.2) is 5.76 Å². The molecule has 144 valence electrons. The lowest BCUT2D eigenvalue weighted by molar-refractivity contribution is 0.0982. The first-order valence-electron chi connectivity index (χ1n) is 9.42. The fraction of sp³-hybridized carbons (Fsp3) is 0.0833. The third-order valence-corrected chi connectivity index (χ3v) is 4.73. The van der Waals surface area contributed by atoms with Gasteiger partial charge in [-0.05, 0) is 48.7 Å². The van der Waals surface area contributed by atoms with Crippen LogP contribution in [0, 0.1) is 0 Å². The molecular formula is C24H20N2O3. The van der Waals surface area contributed by atoms with Crippen molar-refractivity contribution in [2.45, 2.75) is 6.92 Å². The van der Waals surface area contributed by atoms with E-state index in [0.717, 1.165) is 16.5 Å². The van der Waals surface area contributed by atoms with Crippen LogP contribution in [0.15, 0.2) is 89.5 Å². The first kappa shape index (κ1) is 18.5. The zero-order valence-electron chi connectivity index (χ0n) is 16.0. The van der Waals surface area contributed by atoms with Crippen molar-refractivity contribution in [3.63, 3.8) is 0 Å². The third-order valence-electron chi connectivity index (χ3n) is 4.73. The van der Waals surface area contributed by atoms with Crippen molar-refractivity contribution in [3.05, 3.63) is 96.4 Å². The van der Waals surface area contributed by atoms with Gasteiger partial charge in [0.25, 0.3) is 11.8 Å². The summed E-state index contributed by atoms with van der Waals surface area (Å²) in [5.74, 6) is -0.272. The molecule has 4 aromatic rings. The molecule has 1 aromatic heterocycles. The minimum absolute atomic E-state index is 0.127. The summed E-state index contributed by atoms with van der Waals surface area (Å²) >= 11 is 0. The highest BCUT2D eigenvalue weighted by Crippen LogP contribution is 2.28. The summed E-state index contributed by atoms with van der Waals surface area (Å²) in [6.45, 7) is 2.47. The molecule has 0 spiro atoms. The summed E-state index contributed by atoms with van der Waals surface area (Å²) in [6, 6.07) is 24.1. The highest BCUT2D eigenvalue weighted by atomic mass is 16.3. The fourth-order valence-electron chi connectivity index (χ4n) is 3.35. The van der Waals surface area contributed by atoms with E-state index in [2.05, 4.69) is 5.32 Å². The van der Waals surface area contributed by atoms with Crippen LogP contribution in [0.2, 0.25) is 0 Å². The average Bonchev–Trinajstić information content (AvgIpc) is 3.30. The Kier molecular flexibility index (Phi) is 5.12. The van der Waals surface area contributed by atoms with Crippen LogP contribution in [0.5, 0.6) is 0 Å². The maximum atomic E-state index is 13.3. The Morgan fingerprint density at radius 1 is 0.931 bits per heavy atom. The van der Waals surface area contributed by atoms with E-state index >= 15 is 0 Å². The molecule has 0 saturated carbocycles. The second-order valence-corrected chi connectivity index (χ2v) is 6.56. The van der Waals surface area contributed by atoms with Crippen LogP contribution in [0.25, 0.3) is 10.8 Å². The number of benzene rings is 3. The Morgan fingerprint density at radius 3 is 2.52 bits per heavy atom. The molecule has 0 fully saturated rings. The maximum absolute atomic E-state index is 13.3. The number of carbonyl (C=O) groups excluding carboxylic acids is 2. The predicted molar refractivity (Wildman–Crippen MR) is 114 cm³/mol. The normalized spacial score (nSPS) is 10.7. The van der Waals surface area contributed by atoms with Gasteiger partial charge in [0.2, 0.25) is 0 Å². The fourth-order valence-corrected chi connectivity index (χ4v) is 3.35. The van der Waals surface area contributed by atoms with Crippen molar-refractivity contribution >= 4 is 34.0 Å². The molecule has 3 aromatic carbocycles. The van der Waals surface area contributed by atoms with E-state index in [0.29, 0.717) is 17.8 Å². The summed E-state index contributed by atoms with van der Waals surface area (Å²) in [5.41, 5.74) is 1.89. The predicted octanol–water partition coefficient (Wildman–Crippen LogP) is 5.35. The van der Waals surface area contributed by atoms with Crippen LogP contribution in [-0.2, 0) is 0 Å². The number of hydrogen-bond acceptors (Lipinski definition) is 3. The van der Waals surface area contributed by atoms with E-state index in [4.69, 9.17) is 4.42 Å². The molecule has 29 heavy (non-hydrogen) atoms. The van der Waals surface area contributed by atoms with Gasteiger partial charge < -0.3 is 14.6 Å². The van der Waals surface area contributed by atoms with Crippen molar-refractivity contribution in [1.82, 2.24) is 0 Å². The largest absolute Gasteiger partial charge is 0.459 e. The first-order valence-corrected chi connectivity index (χ1v) is 9.42. The molecule has 2 amide bonds. The van der Waals surface area contributed by atoms with Crippen LogP contribution in [-0.4, -0.2) is 18.4 Å². The number of amides is 2. The quantitative estimate of drug-likeness (QED) is 0.504. The van der Waals surface area contributed by atoms with Crippen LogP contribution in [0.1, 0.15) is 27.8 Å². The number of anilines is 2. The van der Waals surface area contributed by atoms with Crippen molar-refractivity contribution < 1.29 is 14.0 Å². The zero-order chi connectivity index (χ0) is 20.2. The minimum Gasteiger partial charge on any atom is -0.459 e. The molecule has 0 aliphatic heterocycles. The van der Waals surface area contributed by atoms with Gasteiger partial charge >= 0.3 is 0 Å². The smallest absolute Gasteiger partial charge is 0.291 e. The average molecular weight is 384 g/mol. The molecule has 0 bridgehead atoms. The standard InChI is InChI=1S/C24H20N2O3/c1-2-26(21-13-6-9-17-8-3-4-12-20(17)21)24(28)18-10-5-11-19(16-18)25-23(27)22-14-7-15-29-22/h3-16H,2H2,1H3,(H,25,27). The number of furan rings is 1. The van der Waals surface area contributed by atoms with Gasteiger partial charge in [-0.2, -0.15) is 0 Å². The van der Waals surface area contributed by atoms with Gasteiger partial charge in [0.1, 0.15) is 0 Å². The van der Waals surface area contributed by atoms with Crippen molar-refractivity contribution in [1.29, 1.82) is 0 Å². The number of rotatable bonds is 5. The number of hydrogen-bond donors (Lipinski definition) is 1. The van der Waals surface area contributed by atoms with Gasteiger partial charge in [0.05, 0.1) is 12.0 Å². The van der Waals surface area contributed by atoms with Crippen molar-refractivity contribution in [2.75, 3.05) is 16.8 Å². The lowest BCUT2D eigenvalue weighted by Crippen LogP contribution is -2.30. The monoisotopic (exact) mass is 384 g/mol. The van der Waals surface area contributed by atoms with Gasteiger partial charge in [-0.25, -0.2) is 0 Å². The van der Waals surface area contributed by atoms with Gasteiger partial charge in [-0.1, -0.05) is 42.5 Å².